The van der Waals surface area contributed by atoms with Crippen molar-refractivity contribution in [1.82, 2.24) is 29.2 Å². The number of nitrogens with one attached hydrogen (secondary N) is 1. The van der Waals surface area contributed by atoms with Gasteiger partial charge in [-0.25, -0.2) is 19.3 Å². The van der Waals surface area contributed by atoms with Crippen LogP contribution in [0.3, 0.4) is 0 Å². The van der Waals surface area contributed by atoms with Crippen LogP contribution in [0.5, 0.6) is 0 Å². The summed E-state index contributed by atoms with van der Waals surface area (Å²) in [6, 6.07) is 3.36. The molecule has 1 aliphatic rings. The van der Waals surface area contributed by atoms with Gasteiger partial charge in [-0.1, -0.05) is 6.07 Å². The summed E-state index contributed by atoms with van der Waals surface area (Å²) < 4.78 is 55.0. The Labute approximate surface area is 184 Å². The molecule has 8 nitrogen and oxygen atoms in total. The fourth-order valence-corrected chi connectivity index (χ4v) is 3.94. The number of H-pyrrole nitrogens is 1. The number of aryl methyl sites for hydroxylation is 1. The van der Waals surface area contributed by atoms with E-state index in [-0.39, 0.29) is 16.9 Å². The van der Waals surface area contributed by atoms with Crippen LogP contribution in [0.25, 0.3) is 16.7 Å². The number of fused-ring (bicyclic) bond motifs is 2. The Morgan fingerprint density at radius 1 is 1.09 bits per heavy atom. The van der Waals surface area contributed by atoms with Crippen LogP contribution < -0.4 is 10.5 Å². The third-order valence-electron chi connectivity index (χ3n) is 5.76. The van der Waals surface area contributed by atoms with Crippen molar-refractivity contribution in [3.8, 4) is 0 Å². The molecule has 4 heterocycles. The summed E-state index contributed by atoms with van der Waals surface area (Å²) >= 11 is 0. The average molecular weight is 461 g/mol. The summed E-state index contributed by atoms with van der Waals surface area (Å²) in [4.78, 5) is 30.3. The smallest absolute Gasteiger partial charge is 0.353 e. The summed E-state index contributed by atoms with van der Waals surface area (Å²) in [6.07, 6.45) is -0.725. The molecule has 0 spiro atoms. The molecule has 1 N–H and O–H groups in total. The summed E-state index contributed by atoms with van der Waals surface area (Å²) in [5.41, 5.74) is -0.0325. The number of aromatic amines is 1. The number of anilines is 1. The van der Waals surface area contributed by atoms with Crippen LogP contribution >= 0.6 is 0 Å². The summed E-state index contributed by atoms with van der Waals surface area (Å²) in [5.74, 6) is 0.0522. The van der Waals surface area contributed by atoms with E-state index in [2.05, 4.69) is 24.8 Å². The molecular formula is C21H19F4N7O. The molecule has 1 aliphatic heterocycles. The van der Waals surface area contributed by atoms with Crippen molar-refractivity contribution < 1.29 is 17.6 Å². The van der Waals surface area contributed by atoms with E-state index in [1.807, 2.05) is 4.90 Å². The van der Waals surface area contributed by atoms with Crippen molar-refractivity contribution >= 4 is 22.5 Å². The van der Waals surface area contributed by atoms with Crippen molar-refractivity contribution in [3.63, 3.8) is 0 Å². The lowest BCUT2D eigenvalue weighted by molar-refractivity contribution is -0.140. The van der Waals surface area contributed by atoms with E-state index in [1.54, 1.807) is 19.1 Å². The molecule has 5 rings (SSSR count). The first-order valence-electron chi connectivity index (χ1n) is 10.3. The highest BCUT2D eigenvalue weighted by Gasteiger charge is 2.34. The topological polar surface area (TPSA) is 82.4 Å². The zero-order valence-corrected chi connectivity index (χ0v) is 17.5. The highest BCUT2D eigenvalue weighted by molar-refractivity contribution is 5.75. The van der Waals surface area contributed by atoms with Crippen LogP contribution in [0.4, 0.5) is 23.4 Å². The number of piperazine rings is 1. The molecule has 0 bridgehead atoms. The monoisotopic (exact) mass is 461 g/mol. The zero-order valence-electron chi connectivity index (χ0n) is 17.5. The maximum Gasteiger partial charge on any atom is 0.434 e. The Kier molecular flexibility index (Phi) is 5.04. The van der Waals surface area contributed by atoms with Crippen LogP contribution in [0, 0.1) is 12.7 Å². The van der Waals surface area contributed by atoms with E-state index >= 15 is 0 Å². The molecule has 0 amide bonds. The molecule has 4 aromatic rings. The molecule has 0 aliphatic carbocycles. The molecule has 1 saturated heterocycles. The van der Waals surface area contributed by atoms with E-state index in [4.69, 9.17) is 0 Å². The minimum Gasteiger partial charge on any atom is -0.353 e. The molecule has 172 valence electrons. The van der Waals surface area contributed by atoms with Crippen molar-refractivity contribution in [2.75, 3.05) is 31.1 Å². The third-order valence-corrected chi connectivity index (χ3v) is 5.76. The van der Waals surface area contributed by atoms with E-state index in [0.717, 1.165) is 6.20 Å². The van der Waals surface area contributed by atoms with Crippen LogP contribution in [0.2, 0.25) is 0 Å². The molecule has 12 heteroatoms. The molecular weight excluding hydrogens is 442 g/mol. The Bertz CT molecular complexity index is 1400. The largest absolute Gasteiger partial charge is 0.434 e. The molecule has 0 unspecified atom stereocenters. The highest BCUT2D eigenvalue weighted by Crippen LogP contribution is 2.29. The summed E-state index contributed by atoms with van der Waals surface area (Å²) in [7, 11) is 0. The fourth-order valence-electron chi connectivity index (χ4n) is 3.94. The molecule has 3 aromatic heterocycles. The fraction of sp³-hybridized carbons (Fsp3) is 0.333. The molecule has 0 radical (unpaired) electrons. The molecule has 33 heavy (non-hydrogen) atoms. The van der Waals surface area contributed by atoms with E-state index in [0.29, 0.717) is 49.6 Å². The minimum atomic E-state index is -4.52. The Morgan fingerprint density at radius 2 is 1.85 bits per heavy atom. The number of benzene rings is 1. The summed E-state index contributed by atoms with van der Waals surface area (Å²) in [5, 5.41) is 0. The minimum absolute atomic E-state index is 0.0952. The van der Waals surface area contributed by atoms with Gasteiger partial charge in [-0.05, 0) is 13.0 Å². The van der Waals surface area contributed by atoms with Gasteiger partial charge in [0.1, 0.15) is 17.0 Å². The second kappa shape index (κ2) is 7.80. The standard InChI is InChI=1S/C21H19F4N7O/c1-12-20(33)29-19-14(27-12)3-2-13(18(19)22)9-30-4-6-31(7-5-30)17-11-32-10-15(21(23,24)25)28-16(32)8-26-17/h2-3,8,10-11H,4-7,9H2,1H3,(H,29,33). The van der Waals surface area contributed by atoms with Crippen molar-refractivity contribution in [1.29, 1.82) is 0 Å². The first-order chi connectivity index (χ1) is 15.7. The number of rotatable bonds is 3. The van der Waals surface area contributed by atoms with Crippen LogP contribution in [0.15, 0.2) is 35.5 Å². The maximum absolute atomic E-state index is 15.0. The first kappa shape index (κ1) is 21.3. The number of hydrogen-bond donors (Lipinski definition) is 1. The van der Waals surface area contributed by atoms with Crippen molar-refractivity contribution in [3.05, 3.63) is 63.8 Å². The molecule has 0 atom stereocenters. The van der Waals surface area contributed by atoms with E-state index < -0.39 is 23.2 Å². The zero-order chi connectivity index (χ0) is 23.3. The van der Waals surface area contributed by atoms with Gasteiger partial charge >= 0.3 is 6.18 Å². The van der Waals surface area contributed by atoms with E-state index in [9.17, 15) is 22.4 Å². The molecule has 1 aromatic carbocycles. The predicted octanol–water partition coefficient (Wildman–Crippen LogP) is 2.75. The van der Waals surface area contributed by atoms with Gasteiger partial charge in [-0.3, -0.25) is 9.69 Å². The van der Waals surface area contributed by atoms with Crippen LogP contribution in [-0.4, -0.2) is 55.4 Å². The molecule has 1 fully saturated rings. The van der Waals surface area contributed by atoms with Gasteiger partial charge in [0.2, 0.25) is 0 Å². The van der Waals surface area contributed by atoms with Crippen molar-refractivity contribution in [2.45, 2.75) is 19.6 Å². The van der Waals surface area contributed by atoms with Gasteiger partial charge in [-0.15, -0.1) is 0 Å². The van der Waals surface area contributed by atoms with Gasteiger partial charge in [0.25, 0.3) is 5.56 Å². The first-order valence-corrected chi connectivity index (χ1v) is 10.3. The number of imidazole rings is 1. The number of nitrogens with zero attached hydrogens (tertiary/aromatic N) is 6. The van der Waals surface area contributed by atoms with Crippen LogP contribution in [0.1, 0.15) is 17.0 Å². The Hall–Kier alpha value is -3.54. The van der Waals surface area contributed by atoms with Gasteiger partial charge in [0.15, 0.2) is 17.2 Å². The average Bonchev–Trinajstić information content (AvgIpc) is 3.22. The third kappa shape index (κ3) is 4.01. The van der Waals surface area contributed by atoms with Crippen LogP contribution in [-0.2, 0) is 12.7 Å². The lowest BCUT2D eigenvalue weighted by Gasteiger charge is -2.35. The predicted molar refractivity (Wildman–Crippen MR) is 113 cm³/mol. The maximum atomic E-state index is 15.0. The molecule has 0 saturated carbocycles. The quantitative estimate of drug-likeness (QED) is 0.473. The lowest BCUT2D eigenvalue weighted by atomic mass is 10.1. The van der Waals surface area contributed by atoms with Gasteiger partial charge in [0, 0.05) is 44.5 Å². The normalized spacial score (nSPS) is 15.6. The van der Waals surface area contributed by atoms with Gasteiger partial charge in [0.05, 0.1) is 17.9 Å². The number of aromatic nitrogens is 5. The number of hydrogen-bond acceptors (Lipinski definition) is 6. The number of alkyl halides is 3. The lowest BCUT2D eigenvalue weighted by Crippen LogP contribution is -2.46. The summed E-state index contributed by atoms with van der Waals surface area (Å²) in [6.45, 7) is 4.29. The van der Waals surface area contributed by atoms with Gasteiger partial charge < -0.3 is 14.3 Å². The highest BCUT2D eigenvalue weighted by atomic mass is 19.4. The van der Waals surface area contributed by atoms with Crippen molar-refractivity contribution in [2.24, 2.45) is 0 Å². The Morgan fingerprint density at radius 3 is 2.58 bits per heavy atom. The number of halogens is 4. The Balaban J connectivity index is 1.29. The SMILES string of the molecule is Cc1nc2ccc(CN3CCN(c4cn5cc(C(F)(F)F)nc5cn4)CC3)c(F)c2[nH]c1=O. The second-order valence-electron chi connectivity index (χ2n) is 7.98. The van der Waals surface area contributed by atoms with Gasteiger partial charge in [-0.2, -0.15) is 13.2 Å². The second-order valence-corrected chi connectivity index (χ2v) is 7.98. The van der Waals surface area contributed by atoms with E-state index in [1.165, 1.54) is 16.8 Å².